The summed E-state index contributed by atoms with van der Waals surface area (Å²) in [7, 11) is 0. The van der Waals surface area contributed by atoms with Crippen molar-refractivity contribution >= 4 is 52.1 Å². The van der Waals surface area contributed by atoms with Crippen molar-refractivity contribution in [2.45, 2.75) is 58.8 Å². The molecule has 2 aromatic carbocycles. The van der Waals surface area contributed by atoms with Gasteiger partial charge in [-0.3, -0.25) is 33.9 Å². The summed E-state index contributed by atoms with van der Waals surface area (Å²) in [5, 5.41) is 20.7. The zero-order chi connectivity index (χ0) is 39.6. The molecule has 16 heteroatoms. The maximum atomic E-state index is 13.1. The van der Waals surface area contributed by atoms with Gasteiger partial charge in [-0.05, 0) is 57.0 Å². The largest absolute Gasteiger partial charge is 0.382 e. The van der Waals surface area contributed by atoms with Crippen molar-refractivity contribution in [3.05, 3.63) is 110 Å². The lowest BCUT2D eigenvalue weighted by Crippen LogP contribution is -2.52. The molecule has 1 unspecified atom stereocenters. The Hall–Kier alpha value is -5.66. The summed E-state index contributed by atoms with van der Waals surface area (Å²) in [6.45, 7) is 9.25. The topological polar surface area (TPSA) is 158 Å². The van der Waals surface area contributed by atoms with Crippen LogP contribution in [0.3, 0.4) is 0 Å². The van der Waals surface area contributed by atoms with Crippen LogP contribution in [0.25, 0.3) is 5.00 Å². The number of hydrogen-bond donors (Lipinski definition) is 2. The molecular formula is C41H40ClN9O5S. The molecule has 0 aliphatic carbocycles. The van der Waals surface area contributed by atoms with E-state index in [0.717, 1.165) is 60.7 Å². The summed E-state index contributed by atoms with van der Waals surface area (Å²) < 4.78 is 15.5. The lowest BCUT2D eigenvalue weighted by atomic mass is 9.99. The number of amides is 3. The first-order chi connectivity index (χ1) is 27.7. The fourth-order valence-electron chi connectivity index (χ4n) is 7.27. The zero-order valence-corrected chi connectivity index (χ0v) is 33.2. The van der Waals surface area contributed by atoms with E-state index in [4.69, 9.17) is 26.1 Å². The van der Waals surface area contributed by atoms with Crippen molar-refractivity contribution in [1.29, 1.82) is 0 Å². The van der Waals surface area contributed by atoms with E-state index in [-0.39, 0.29) is 24.3 Å². The summed E-state index contributed by atoms with van der Waals surface area (Å²) >= 11 is 7.83. The van der Waals surface area contributed by atoms with E-state index in [0.29, 0.717) is 63.1 Å². The predicted octanol–water partition coefficient (Wildman–Crippen LogP) is 5.01. The number of aromatic nitrogens is 5. The highest BCUT2D eigenvalue weighted by Crippen LogP contribution is 2.39. The van der Waals surface area contributed by atoms with Crippen molar-refractivity contribution in [1.82, 2.24) is 34.8 Å². The summed E-state index contributed by atoms with van der Waals surface area (Å²) in [6.07, 6.45) is 4.22. The van der Waals surface area contributed by atoms with Gasteiger partial charge in [0.05, 0.1) is 55.3 Å². The Balaban J connectivity index is 0.808. The van der Waals surface area contributed by atoms with E-state index in [1.54, 1.807) is 28.5 Å². The van der Waals surface area contributed by atoms with Crippen LogP contribution in [-0.4, -0.2) is 91.9 Å². The lowest BCUT2D eigenvalue weighted by Gasteiger charge is -2.29. The molecule has 1 fully saturated rings. The van der Waals surface area contributed by atoms with Gasteiger partial charge in [-0.25, -0.2) is 0 Å². The summed E-state index contributed by atoms with van der Waals surface area (Å²) in [5.41, 5.74) is 6.95. The number of carbonyl (C=O) groups is 3. The second kappa shape index (κ2) is 16.4. The number of imide groups is 1. The maximum absolute atomic E-state index is 13.1. The molecule has 3 aromatic heterocycles. The number of rotatable bonds is 12. The quantitative estimate of drug-likeness (QED) is 0.101. The van der Waals surface area contributed by atoms with Crippen molar-refractivity contribution in [2.75, 3.05) is 38.3 Å². The number of anilines is 1. The molecule has 2 N–H and O–H groups in total. The Labute approximate surface area is 338 Å². The van der Waals surface area contributed by atoms with Crippen LogP contribution in [0.15, 0.2) is 59.9 Å². The molecule has 0 radical (unpaired) electrons. The van der Waals surface area contributed by atoms with Gasteiger partial charge < -0.3 is 19.7 Å². The molecule has 0 spiro atoms. The van der Waals surface area contributed by atoms with E-state index in [9.17, 15) is 14.4 Å². The van der Waals surface area contributed by atoms with Gasteiger partial charge in [0.2, 0.25) is 11.8 Å². The monoisotopic (exact) mass is 805 g/mol. The number of carbonyl (C=O) groups excluding carboxylic acids is 3. The molecule has 8 rings (SSSR count). The SMILES string of the molecule is Cc1c(C#Cc2cnn(CCOCCOCCNc3cccc4c3CN(C3CCC(=O)NC3=O)C4=O)c2)sc2c1C(c1ccc(Cl)cc1)=N[C@@H](C)c1nnc(C)n1-2. The molecule has 14 nitrogen and oxygen atoms in total. The highest BCUT2D eigenvalue weighted by molar-refractivity contribution is 7.15. The average Bonchev–Trinajstić information content (AvgIpc) is 3.96. The normalized spacial score (nSPS) is 17.3. The Bertz CT molecular complexity index is 2460. The van der Waals surface area contributed by atoms with Crippen LogP contribution in [0.1, 0.15) is 80.5 Å². The van der Waals surface area contributed by atoms with E-state index in [2.05, 4.69) is 49.3 Å². The number of fused-ring (bicyclic) bond motifs is 4. The minimum Gasteiger partial charge on any atom is -0.382 e. The number of aryl methyl sites for hydroxylation is 1. The molecule has 1 saturated heterocycles. The Morgan fingerprint density at radius 3 is 2.63 bits per heavy atom. The number of nitrogens with one attached hydrogen (secondary N) is 2. The lowest BCUT2D eigenvalue weighted by molar-refractivity contribution is -0.136. The van der Waals surface area contributed by atoms with Crippen LogP contribution in [0.4, 0.5) is 5.69 Å². The second-order valence-corrected chi connectivity index (χ2v) is 15.4. The van der Waals surface area contributed by atoms with Gasteiger partial charge in [0.15, 0.2) is 5.82 Å². The molecule has 6 heterocycles. The fraction of sp³-hybridized carbons (Fsp3) is 0.341. The van der Waals surface area contributed by atoms with Crippen LogP contribution >= 0.6 is 22.9 Å². The molecule has 0 bridgehead atoms. The standard InChI is InChI=1S/C41H40ClN9O5S/c1-24-34(57-41-36(24)37(28-8-10-29(42)11-9-28)45-25(2)38-48-47-26(3)51(38)41)13-7-27-21-44-49(22-27)16-18-56-20-19-55-17-15-43-32-6-4-5-30-31(32)23-50(40(30)54)33-12-14-35(52)46-39(33)53/h4-6,8-11,21-22,25,33,43H,12,14-20,23H2,1-3H3,(H,46,52,53)/t25-,33?/m0/s1. The third-order valence-corrected chi connectivity index (χ3v) is 11.6. The molecule has 5 aromatic rings. The third-order valence-electron chi connectivity index (χ3n) is 10.2. The molecule has 0 saturated carbocycles. The molecule has 3 amide bonds. The maximum Gasteiger partial charge on any atom is 0.255 e. The van der Waals surface area contributed by atoms with Crippen LogP contribution in [-0.2, 0) is 32.2 Å². The Kier molecular flexibility index (Phi) is 11.0. The van der Waals surface area contributed by atoms with Crippen molar-refractivity contribution < 1.29 is 23.9 Å². The smallest absolute Gasteiger partial charge is 0.255 e. The number of hydrogen-bond acceptors (Lipinski definition) is 11. The number of piperidine rings is 1. The Morgan fingerprint density at radius 1 is 1.02 bits per heavy atom. The summed E-state index contributed by atoms with van der Waals surface area (Å²) in [4.78, 5) is 44.6. The van der Waals surface area contributed by atoms with Crippen molar-refractivity contribution in [3.63, 3.8) is 0 Å². The molecule has 292 valence electrons. The number of halogens is 1. The number of nitrogens with zero attached hydrogens (tertiary/aromatic N) is 7. The van der Waals surface area contributed by atoms with Gasteiger partial charge in [0.1, 0.15) is 22.9 Å². The first-order valence-corrected chi connectivity index (χ1v) is 20.0. The fourth-order valence-corrected chi connectivity index (χ4v) is 8.61. The number of aliphatic imine (C=N–C) groups is 1. The van der Waals surface area contributed by atoms with Gasteiger partial charge in [-0.1, -0.05) is 41.6 Å². The molecule has 3 aliphatic rings. The Morgan fingerprint density at radius 2 is 1.82 bits per heavy atom. The van der Waals surface area contributed by atoms with Gasteiger partial charge >= 0.3 is 0 Å². The van der Waals surface area contributed by atoms with E-state index in [1.165, 1.54) is 0 Å². The van der Waals surface area contributed by atoms with Gasteiger partial charge in [-0.2, -0.15) is 5.10 Å². The first-order valence-electron chi connectivity index (χ1n) is 18.8. The summed E-state index contributed by atoms with van der Waals surface area (Å²) in [6, 6.07) is 12.4. The highest BCUT2D eigenvalue weighted by atomic mass is 35.5. The van der Waals surface area contributed by atoms with E-state index < -0.39 is 11.9 Å². The molecule has 57 heavy (non-hydrogen) atoms. The van der Waals surface area contributed by atoms with Crippen LogP contribution in [0.2, 0.25) is 5.02 Å². The van der Waals surface area contributed by atoms with E-state index >= 15 is 0 Å². The zero-order valence-electron chi connectivity index (χ0n) is 31.7. The second-order valence-electron chi connectivity index (χ2n) is 14.0. The third kappa shape index (κ3) is 7.86. The molecule has 2 atom stereocenters. The highest BCUT2D eigenvalue weighted by Gasteiger charge is 2.40. The van der Waals surface area contributed by atoms with E-state index in [1.807, 2.05) is 61.1 Å². The van der Waals surface area contributed by atoms with Crippen molar-refractivity contribution in [2.24, 2.45) is 4.99 Å². The summed E-state index contributed by atoms with van der Waals surface area (Å²) in [5.74, 6) is 7.35. The molecule has 3 aliphatic heterocycles. The van der Waals surface area contributed by atoms with Gasteiger partial charge in [0, 0.05) is 58.7 Å². The van der Waals surface area contributed by atoms with Gasteiger partial charge in [0.25, 0.3) is 5.91 Å². The van der Waals surface area contributed by atoms with Crippen LogP contribution in [0.5, 0.6) is 0 Å². The number of thiophene rings is 1. The van der Waals surface area contributed by atoms with Crippen LogP contribution in [0, 0.1) is 25.7 Å². The number of ether oxygens (including phenoxy) is 2. The van der Waals surface area contributed by atoms with Crippen LogP contribution < -0.4 is 10.6 Å². The molecular weight excluding hydrogens is 766 g/mol. The minimum absolute atomic E-state index is 0.185. The van der Waals surface area contributed by atoms with Crippen molar-refractivity contribution in [3.8, 4) is 16.8 Å². The first kappa shape index (κ1) is 38.2. The predicted molar refractivity (Wildman–Crippen MR) is 215 cm³/mol. The minimum atomic E-state index is -0.647. The number of benzene rings is 2. The average molecular weight is 806 g/mol. The van der Waals surface area contributed by atoms with Gasteiger partial charge in [-0.15, -0.1) is 21.5 Å².